The first-order valence-corrected chi connectivity index (χ1v) is 13.7. The molecule has 0 amide bonds. The third kappa shape index (κ3) is 5.47. The first-order valence-electron chi connectivity index (χ1n) is 12.9. The van der Waals surface area contributed by atoms with Crippen LogP contribution in [0.15, 0.2) is 42.5 Å². The van der Waals surface area contributed by atoms with E-state index in [0.29, 0.717) is 5.92 Å². The first kappa shape index (κ1) is 24.7. The molecule has 1 aliphatic heterocycles. The number of hydrogen-bond donors (Lipinski definition) is 1. The minimum Gasteiger partial charge on any atom is -0.390 e. The Morgan fingerprint density at radius 1 is 1.03 bits per heavy atom. The second-order valence-electron chi connectivity index (χ2n) is 9.74. The summed E-state index contributed by atoms with van der Waals surface area (Å²) in [6.45, 7) is 8.72. The van der Waals surface area contributed by atoms with E-state index in [-0.39, 0.29) is 5.78 Å². The van der Waals surface area contributed by atoms with Crippen molar-refractivity contribution in [2.45, 2.75) is 58.3 Å². The number of ketones is 1. The number of carbonyl (C=O) groups excluding carboxylic acids is 1. The fourth-order valence-electron chi connectivity index (χ4n) is 5.07. The lowest BCUT2D eigenvalue weighted by molar-refractivity contribution is 0.103. The van der Waals surface area contributed by atoms with Crippen LogP contribution in [-0.4, -0.2) is 43.9 Å². The number of nitrogens with zero attached hydrogens (tertiary/aromatic N) is 2. The molecule has 1 aromatic heterocycles. The zero-order valence-corrected chi connectivity index (χ0v) is 21.8. The van der Waals surface area contributed by atoms with E-state index in [1.807, 2.05) is 18.2 Å². The van der Waals surface area contributed by atoms with Crippen molar-refractivity contribution in [2.24, 2.45) is 0 Å². The molecule has 182 valence electrons. The summed E-state index contributed by atoms with van der Waals surface area (Å²) in [5.41, 5.74) is 10.4. The van der Waals surface area contributed by atoms with Crippen LogP contribution in [0.25, 0.3) is 10.1 Å². The molecular weight excluding hydrogens is 438 g/mol. The van der Waals surface area contributed by atoms with Crippen molar-refractivity contribution in [3.8, 4) is 0 Å². The summed E-state index contributed by atoms with van der Waals surface area (Å²) in [7, 11) is 2.18. The van der Waals surface area contributed by atoms with Crippen molar-refractivity contribution in [3.63, 3.8) is 0 Å². The van der Waals surface area contributed by atoms with Crippen LogP contribution < -0.4 is 10.6 Å². The van der Waals surface area contributed by atoms with Gasteiger partial charge in [0.1, 0.15) is 0 Å². The molecule has 0 unspecified atom stereocenters. The zero-order valence-electron chi connectivity index (χ0n) is 21.0. The van der Waals surface area contributed by atoms with Crippen LogP contribution in [0.1, 0.15) is 79.8 Å². The number of rotatable bonds is 10. The topological polar surface area (TPSA) is 49.6 Å². The number of benzene rings is 2. The van der Waals surface area contributed by atoms with E-state index in [1.54, 1.807) is 11.3 Å². The standard InChI is InChI=1S/C29H39N3OS/c1-4-6-15-32(16-7-5-2)24-10-8-9-22(19-24)28(33)23-11-12-26-25(20-23)27(29(30)34-26)21-13-17-31(3)18-14-21/h8-12,19-21H,4-7,13-18,30H2,1-3H3. The lowest BCUT2D eigenvalue weighted by atomic mass is 9.88. The summed E-state index contributed by atoms with van der Waals surface area (Å²) in [6, 6.07) is 14.3. The minimum atomic E-state index is 0.0915. The Kier molecular flexibility index (Phi) is 8.28. The maximum absolute atomic E-state index is 13.6. The molecule has 4 rings (SSSR count). The Labute approximate surface area is 208 Å². The quantitative estimate of drug-likeness (QED) is 0.322. The highest BCUT2D eigenvalue weighted by molar-refractivity contribution is 7.22. The van der Waals surface area contributed by atoms with Gasteiger partial charge in [0.05, 0.1) is 5.00 Å². The summed E-state index contributed by atoms with van der Waals surface area (Å²) >= 11 is 1.66. The summed E-state index contributed by atoms with van der Waals surface area (Å²) < 4.78 is 1.18. The van der Waals surface area contributed by atoms with Crippen LogP contribution >= 0.6 is 11.3 Å². The van der Waals surface area contributed by atoms with E-state index >= 15 is 0 Å². The van der Waals surface area contributed by atoms with E-state index < -0.39 is 0 Å². The highest BCUT2D eigenvalue weighted by atomic mass is 32.1. The number of carbonyl (C=O) groups is 1. The van der Waals surface area contributed by atoms with Crippen LogP contribution in [0.5, 0.6) is 0 Å². The van der Waals surface area contributed by atoms with E-state index in [4.69, 9.17) is 5.73 Å². The SMILES string of the molecule is CCCCN(CCCC)c1cccc(C(=O)c2ccc3sc(N)c(C4CCN(C)CC4)c3c2)c1. The largest absolute Gasteiger partial charge is 0.390 e. The van der Waals surface area contributed by atoms with Crippen molar-refractivity contribution in [1.29, 1.82) is 0 Å². The molecule has 0 radical (unpaired) electrons. The van der Waals surface area contributed by atoms with E-state index in [1.165, 1.54) is 28.5 Å². The van der Waals surface area contributed by atoms with Gasteiger partial charge in [-0.2, -0.15) is 0 Å². The molecule has 1 saturated heterocycles. The summed E-state index contributed by atoms with van der Waals surface area (Å²) in [5, 5.41) is 2.09. The lowest BCUT2D eigenvalue weighted by Crippen LogP contribution is -2.29. The van der Waals surface area contributed by atoms with Gasteiger partial charge in [-0.05, 0) is 93.0 Å². The van der Waals surface area contributed by atoms with E-state index in [9.17, 15) is 4.79 Å². The summed E-state index contributed by atoms with van der Waals surface area (Å²) in [6.07, 6.45) is 6.92. The molecular formula is C29H39N3OS. The summed E-state index contributed by atoms with van der Waals surface area (Å²) in [5.74, 6) is 0.568. The molecule has 4 nitrogen and oxygen atoms in total. The van der Waals surface area contributed by atoms with Gasteiger partial charge in [-0.1, -0.05) is 38.8 Å². The minimum absolute atomic E-state index is 0.0915. The molecule has 1 fully saturated rings. The Balaban J connectivity index is 1.62. The van der Waals surface area contributed by atoms with Crippen LogP contribution in [0.2, 0.25) is 0 Å². The van der Waals surface area contributed by atoms with Gasteiger partial charge in [0.2, 0.25) is 0 Å². The second kappa shape index (κ2) is 11.4. The average molecular weight is 478 g/mol. The highest BCUT2D eigenvalue weighted by Crippen LogP contribution is 2.42. The van der Waals surface area contributed by atoms with Gasteiger partial charge in [0.15, 0.2) is 5.78 Å². The highest BCUT2D eigenvalue weighted by Gasteiger charge is 2.24. The molecule has 5 heteroatoms. The number of hydrogen-bond acceptors (Lipinski definition) is 5. The third-order valence-corrected chi connectivity index (χ3v) is 8.20. The molecule has 2 aromatic carbocycles. The fraction of sp³-hybridized carbons (Fsp3) is 0.483. The second-order valence-corrected chi connectivity index (χ2v) is 10.8. The zero-order chi connectivity index (χ0) is 24.1. The van der Waals surface area contributed by atoms with Crippen molar-refractivity contribution < 1.29 is 4.79 Å². The maximum Gasteiger partial charge on any atom is 0.193 e. The maximum atomic E-state index is 13.6. The number of piperidine rings is 1. The third-order valence-electron chi connectivity index (χ3n) is 7.18. The first-order chi connectivity index (χ1) is 16.5. The average Bonchev–Trinajstić information content (AvgIpc) is 3.19. The predicted octanol–water partition coefficient (Wildman–Crippen LogP) is 6.93. The van der Waals surface area contributed by atoms with Crippen LogP contribution in [0, 0.1) is 0 Å². The van der Waals surface area contributed by atoms with E-state index in [2.05, 4.69) is 55.0 Å². The normalized spacial score (nSPS) is 15.1. The van der Waals surface area contributed by atoms with E-state index in [0.717, 1.165) is 73.7 Å². The van der Waals surface area contributed by atoms with Gasteiger partial charge in [-0.25, -0.2) is 0 Å². The molecule has 0 atom stereocenters. The summed E-state index contributed by atoms with van der Waals surface area (Å²) in [4.78, 5) is 18.4. The molecule has 0 spiro atoms. The molecule has 1 aliphatic rings. The Bertz CT molecular complexity index is 1110. The fourth-order valence-corrected chi connectivity index (χ4v) is 6.11. The van der Waals surface area contributed by atoms with Gasteiger partial charge >= 0.3 is 0 Å². The van der Waals surface area contributed by atoms with Crippen LogP contribution in [0.4, 0.5) is 10.7 Å². The van der Waals surface area contributed by atoms with Crippen molar-refractivity contribution >= 4 is 37.9 Å². The smallest absolute Gasteiger partial charge is 0.193 e. The Morgan fingerprint density at radius 2 is 1.71 bits per heavy atom. The van der Waals surface area contributed by atoms with Gasteiger partial charge in [0, 0.05) is 34.6 Å². The van der Waals surface area contributed by atoms with Crippen LogP contribution in [0.3, 0.4) is 0 Å². The number of nitrogens with two attached hydrogens (primary N) is 1. The number of nitrogen functional groups attached to an aromatic ring is 1. The van der Waals surface area contributed by atoms with Gasteiger partial charge in [-0.3, -0.25) is 4.79 Å². The lowest BCUT2D eigenvalue weighted by Gasteiger charge is -2.29. The molecule has 2 heterocycles. The van der Waals surface area contributed by atoms with Crippen molar-refractivity contribution in [1.82, 2.24) is 4.90 Å². The Hall–Kier alpha value is -2.37. The van der Waals surface area contributed by atoms with Gasteiger partial charge < -0.3 is 15.5 Å². The van der Waals surface area contributed by atoms with Crippen molar-refractivity contribution in [2.75, 3.05) is 43.9 Å². The predicted molar refractivity (Wildman–Crippen MR) is 148 cm³/mol. The number of anilines is 2. The number of fused-ring (bicyclic) bond motifs is 1. The van der Waals surface area contributed by atoms with Crippen LogP contribution in [-0.2, 0) is 0 Å². The number of thiophene rings is 1. The number of likely N-dealkylation sites (tertiary alicyclic amines) is 1. The molecule has 3 aromatic rings. The molecule has 2 N–H and O–H groups in total. The molecule has 0 aliphatic carbocycles. The molecule has 0 bridgehead atoms. The van der Waals surface area contributed by atoms with Crippen molar-refractivity contribution in [3.05, 3.63) is 59.2 Å². The molecule has 34 heavy (non-hydrogen) atoms. The Morgan fingerprint density at radius 3 is 2.38 bits per heavy atom. The molecule has 0 saturated carbocycles. The monoisotopic (exact) mass is 477 g/mol. The van der Waals surface area contributed by atoms with Gasteiger partial charge in [-0.15, -0.1) is 11.3 Å². The number of unbranched alkanes of at least 4 members (excludes halogenated alkanes) is 2. The van der Waals surface area contributed by atoms with Gasteiger partial charge in [0.25, 0.3) is 0 Å².